The van der Waals surface area contributed by atoms with Crippen molar-refractivity contribution < 1.29 is 22.7 Å². The quantitative estimate of drug-likeness (QED) is 0.593. The Morgan fingerprint density at radius 3 is 2.44 bits per heavy atom. The molecule has 1 saturated heterocycles. The van der Waals surface area contributed by atoms with Crippen molar-refractivity contribution >= 4 is 5.91 Å². The molecule has 4 rings (SSSR count). The number of aromatic nitrogens is 1. The maximum atomic E-state index is 13.6. The molecule has 1 saturated carbocycles. The highest BCUT2D eigenvalue weighted by Crippen LogP contribution is 2.39. The first-order valence-electron chi connectivity index (χ1n) is 12.0. The van der Waals surface area contributed by atoms with Crippen molar-refractivity contribution in [1.29, 1.82) is 5.26 Å². The average molecular weight is 497 g/mol. The summed E-state index contributed by atoms with van der Waals surface area (Å²) in [5.74, 6) is 2.81. The molecule has 1 amide bonds. The number of nitrogens with one attached hydrogen (secondary N) is 1. The number of ether oxygens (including phenoxy) is 1. The molecule has 36 heavy (non-hydrogen) atoms. The number of carbonyl (C=O) groups excluding carboxylic acids is 1. The van der Waals surface area contributed by atoms with Gasteiger partial charge in [-0.1, -0.05) is 5.92 Å². The molecule has 0 spiro atoms. The first-order valence-corrected chi connectivity index (χ1v) is 12.0. The molecule has 1 aromatic carbocycles. The van der Waals surface area contributed by atoms with Gasteiger partial charge >= 0.3 is 6.18 Å². The Balaban J connectivity index is 1.33. The molecule has 1 aliphatic carbocycles. The number of nitrogens with zero attached hydrogens (tertiary/aromatic N) is 3. The Kier molecular flexibility index (Phi) is 7.81. The van der Waals surface area contributed by atoms with E-state index in [1.54, 1.807) is 12.1 Å². The maximum absolute atomic E-state index is 13.6. The summed E-state index contributed by atoms with van der Waals surface area (Å²) in [7, 11) is 0. The Morgan fingerprint density at radius 1 is 1.11 bits per heavy atom. The average Bonchev–Trinajstić information content (AvgIpc) is 3.31. The van der Waals surface area contributed by atoms with E-state index < -0.39 is 17.8 Å². The van der Waals surface area contributed by atoms with Crippen molar-refractivity contribution in [2.75, 3.05) is 6.54 Å². The lowest BCUT2D eigenvalue weighted by molar-refractivity contribution is -0.137. The number of carbonyl (C=O) groups is 1. The molecule has 0 radical (unpaired) electrons. The van der Waals surface area contributed by atoms with Gasteiger partial charge in [0.2, 0.25) is 5.91 Å². The standard InChI is InChI=1S/C27H27F3N4O2/c1-2-20-5-6-21(16-31)34(20)26(35)17-33-19-3-7-22(8-4-19)36-23-9-10-25(27(28,29)30)24(15-23)18-11-13-32-14-12-18/h1,9-15,19-22,33H,3-8,17H2/t19-,20-,21-,22-/m0/s1. The summed E-state index contributed by atoms with van der Waals surface area (Å²) in [6.45, 7) is 0.112. The molecule has 0 bridgehead atoms. The van der Waals surface area contributed by atoms with E-state index in [0.29, 0.717) is 37.0 Å². The number of alkyl halides is 3. The molecule has 6 nitrogen and oxygen atoms in total. The zero-order valence-corrected chi connectivity index (χ0v) is 19.7. The number of likely N-dealkylation sites (tertiary alicyclic amines) is 1. The fourth-order valence-corrected chi connectivity index (χ4v) is 4.96. The minimum atomic E-state index is -4.49. The van der Waals surface area contributed by atoms with Gasteiger partial charge in [-0.3, -0.25) is 9.78 Å². The zero-order chi connectivity index (χ0) is 25.7. The van der Waals surface area contributed by atoms with E-state index in [-0.39, 0.29) is 36.2 Å². The highest BCUT2D eigenvalue weighted by atomic mass is 19.4. The number of amides is 1. The summed E-state index contributed by atoms with van der Waals surface area (Å²) in [5, 5.41) is 12.6. The first kappa shape index (κ1) is 25.5. The monoisotopic (exact) mass is 496 g/mol. The summed E-state index contributed by atoms with van der Waals surface area (Å²) < 4.78 is 46.7. The van der Waals surface area contributed by atoms with Gasteiger partial charge in [-0.25, -0.2) is 0 Å². The SMILES string of the molecule is C#C[C@H]1CC[C@@H](C#N)N1C(=O)CN[C@H]1CC[C@H](Oc2ccc(C(F)(F)F)c(-c3ccncc3)c2)CC1. The Labute approximate surface area is 208 Å². The Morgan fingerprint density at radius 2 is 1.81 bits per heavy atom. The number of hydrogen-bond acceptors (Lipinski definition) is 5. The summed E-state index contributed by atoms with van der Waals surface area (Å²) in [5.41, 5.74) is -0.245. The minimum absolute atomic E-state index is 0.0547. The molecular weight excluding hydrogens is 469 g/mol. The van der Waals surface area contributed by atoms with Crippen LogP contribution in [0.25, 0.3) is 11.1 Å². The van der Waals surface area contributed by atoms with Gasteiger partial charge in [0, 0.05) is 18.4 Å². The van der Waals surface area contributed by atoms with Gasteiger partial charge in [0.05, 0.1) is 30.3 Å². The molecule has 1 aromatic heterocycles. The van der Waals surface area contributed by atoms with Gasteiger partial charge in [-0.05, 0) is 80.0 Å². The summed E-state index contributed by atoms with van der Waals surface area (Å²) >= 11 is 0. The van der Waals surface area contributed by atoms with Crippen molar-refractivity contribution in [2.24, 2.45) is 0 Å². The van der Waals surface area contributed by atoms with E-state index >= 15 is 0 Å². The number of nitriles is 1. The van der Waals surface area contributed by atoms with Crippen molar-refractivity contribution in [1.82, 2.24) is 15.2 Å². The number of benzene rings is 1. The highest BCUT2D eigenvalue weighted by Gasteiger charge is 2.36. The van der Waals surface area contributed by atoms with Crippen molar-refractivity contribution in [3.8, 4) is 35.3 Å². The smallest absolute Gasteiger partial charge is 0.417 e. The molecule has 1 aliphatic heterocycles. The van der Waals surface area contributed by atoms with Crippen LogP contribution >= 0.6 is 0 Å². The van der Waals surface area contributed by atoms with Crippen LogP contribution in [0.1, 0.15) is 44.1 Å². The molecule has 9 heteroatoms. The lowest BCUT2D eigenvalue weighted by atomic mass is 9.92. The molecule has 2 aliphatic rings. The lowest BCUT2D eigenvalue weighted by Gasteiger charge is -2.31. The summed E-state index contributed by atoms with van der Waals surface area (Å²) in [6.07, 6.45) is 7.97. The first-order chi connectivity index (χ1) is 17.3. The van der Waals surface area contributed by atoms with E-state index in [2.05, 4.69) is 22.3 Å². The molecule has 1 N–H and O–H groups in total. The molecule has 188 valence electrons. The van der Waals surface area contributed by atoms with Crippen LogP contribution < -0.4 is 10.1 Å². The van der Waals surface area contributed by atoms with E-state index in [0.717, 1.165) is 18.9 Å². The fraction of sp³-hybridized carbons (Fsp3) is 0.444. The highest BCUT2D eigenvalue weighted by molar-refractivity contribution is 5.80. The summed E-state index contributed by atoms with van der Waals surface area (Å²) in [6, 6.07) is 8.38. The lowest BCUT2D eigenvalue weighted by Crippen LogP contribution is -2.47. The number of hydrogen-bond donors (Lipinski definition) is 1. The van der Waals surface area contributed by atoms with E-state index in [1.165, 1.54) is 29.4 Å². The third-order valence-electron chi connectivity index (χ3n) is 6.82. The fourth-order valence-electron chi connectivity index (χ4n) is 4.96. The molecule has 0 unspecified atom stereocenters. The van der Waals surface area contributed by atoms with Crippen molar-refractivity contribution in [2.45, 2.75) is 68.9 Å². The van der Waals surface area contributed by atoms with Crippen molar-refractivity contribution in [3.63, 3.8) is 0 Å². The van der Waals surface area contributed by atoms with Gasteiger partial charge in [0.1, 0.15) is 11.8 Å². The second-order valence-corrected chi connectivity index (χ2v) is 9.12. The van der Waals surface area contributed by atoms with Crippen LogP contribution in [0.4, 0.5) is 13.2 Å². The van der Waals surface area contributed by atoms with E-state index in [9.17, 15) is 23.2 Å². The largest absolute Gasteiger partial charge is 0.490 e. The van der Waals surface area contributed by atoms with Gasteiger partial charge in [-0.2, -0.15) is 18.4 Å². The van der Waals surface area contributed by atoms with Gasteiger partial charge < -0.3 is 15.0 Å². The molecular formula is C27H27F3N4O2. The van der Waals surface area contributed by atoms with Crippen LogP contribution in [0.2, 0.25) is 0 Å². The number of rotatable bonds is 6. The third kappa shape index (κ3) is 5.80. The number of pyridine rings is 1. The van der Waals surface area contributed by atoms with Crippen LogP contribution in [0.15, 0.2) is 42.7 Å². The molecule has 2 heterocycles. The van der Waals surface area contributed by atoms with Crippen molar-refractivity contribution in [3.05, 3.63) is 48.3 Å². The topological polar surface area (TPSA) is 78.2 Å². The maximum Gasteiger partial charge on any atom is 0.417 e. The minimum Gasteiger partial charge on any atom is -0.490 e. The van der Waals surface area contributed by atoms with E-state index in [1.807, 2.05) is 0 Å². The predicted octanol–water partition coefficient (Wildman–Crippen LogP) is 4.56. The zero-order valence-electron chi connectivity index (χ0n) is 19.7. The molecule has 2 fully saturated rings. The van der Waals surface area contributed by atoms with Crippen LogP contribution in [-0.2, 0) is 11.0 Å². The van der Waals surface area contributed by atoms with Crippen LogP contribution in [0.5, 0.6) is 5.75 Å². The van der Waals surface area contributed by atoms with Gasteiger partial charge in [0.25, 0.3) is 0 Å². The number of halogens is 3. The molecule has 2 atom stereocenters. The van der Waals surface area contributed by atoms with E-state index in [4.69, 9.17) is 11.2 Å². The summed E-state index contributed by atoms with van der Waals surface area (Å²) in [4.78, 5) is 18.1. The van der Waals surface area contributed by atoms with Crippen LogP contribution in [0.3, 0.4) is 0 Å². The normalized spacial score (nSPS) is 24.1. The Bertz CT molecular complexity index is 1130. The second-order valence-electron chi connectivity index (χ2n) is 9.12. The Hall–Kier alpha value is -3.56. The predicted molar refractivity (Wildman–Crippen MR) is 127 cm³/mol. The van der Waals surface area contributed by atoms with Gasteiger partial charge in [-0.15, -0.1) is 6.42 Å². The molecule has 2 aromatic rings. The second kappa shape index (κ2) is 11.0. The third-order valence-corrected chi connectivity index (χ3v) is 6.82. The van der Waals surface area contributed by atoms with Gasteiger partial charge in [0.15, 0.2) is 0 Å². The number of terminal acetylenes is 1. The van der Waals surface area contributed by atoms with Crippen LogP contribution in [0, 0.1) is 23.7 Å². The van der Waals surface area contributed by atoms with Crippen LogP contribution in [-0.4, -0.2) is 46.6 Å².